The Labute approximate surface area is 144 Å². The van der Waals surface area contributed by atoms with Crippen molar-refractivity contribution in [2.75, 3.05) is 0 Å². The first kappa shape index (κ1) is 17.5. The molecule has 0 fully saturated rings. The van der Waals surface area contributed by atoms with Crippen LogP contribution in [0.5, 0.6) is 0 Å². The molecule has 10 heteroatoms. The monoisotopic (exact) mass is 368 g/mol. The van der Waals surface area contributed by atoms with Crippen molar-refractivity contribution < 1.29 is 22.7 Å². The first-order chi connectivity index (χ1) is 11.7. The van der Waals surface area contributed by atoms with Gasteiger partial charge in [0.05, 0.1) is 18.8 Å². The van der Waals surface area contributed by atoms with E-state index in [0.717, 1.165) is 10.4 Å². The van der Waals surface area contributed by atoms with Crippen LogP contribution < -0.4 is 0 Å². The van der Waals surface area contributed by atoms with Gasteiger partial charge < -0.3 is 9.67 Å². The van der Waals surface area contributed by atoms with Gasteiger partial charge in [-0.1, -0.05) is 12.1 Å². The minimum absolute atomic E-state index is 0.0645. The van der Waals surface area contributed by atoms with Gasteiger partial charge in [0.1, 0.15) is 23.5 Å². The molecule has 1 atom stereocenters. The molecule has 2 heterocycles. The lowest BCUT2D eigenvalue weighted by atomic mass is 10.2. The maximum atomic E-state index is 13.7. The number of carboxylic acids is 1. The van der Waals surface area contributed by atoms with Crippen molar-refractivity contribution >= 4 is 16.0 Å². The topological polar surface area (TPSA) is 105 Å². The van der Waals surface area contributed by atoms with Gasteiger partial charge in [0.15, 0.2) is 0 Å². The minimum Gasteiger partial charge on any atom is -0.480 e. The molecule has 25 heavy (non-hydrogen) atoms. The molecule has 2 aromatic rings. The molecule has 1 unspecified atom stereocenters. The van der Waals surface area contributed by atoms with E-state index in [4.69, 9.17) is 0 Å². The zero-order valence-electron chi connectivity index (χ0n) is 13.7. The fourth-order valence-corrected chi connectivity index (χ4v) is 4.43. The number of aliphatic carboxylic acids is 1. The number of hydrogen-bond acceptors (Lipinski definition) is 5. The summed E-state index contributed by atoms with van der Waals surface area (Å²) in [5, 5.41) is 17.2. The van der Waals surface area contributed by atoms with Crippen molar-refractivity contribution in [3.8, 4) is 0 Å². The highest BCUT2D eigenvalue weighted by molar-refractivity contribution is 7.88. The van der Waals surface area contributed by atoms with E-state index in [1.807, 2.05) is 0 Å². The van der Waals surface area contributed by atoms with Gasteiger partial charge in [0.25, 0.3) is 0 Å². The quantitative estimate of drug-likeness (QED) is 0.857. The highest BCUT2D eigenvalue weighted by Crippen LogP contribution is 2.24. The normalized spacial score (nSPS) is 18.1. The Kier molecular flexibility index (Phi) is 4.33. The number of aromatic nitrogens is 3. The molecule has 0 saturated carbocycles. The Morgan fingerprint density at radius 2 is 2.08 bits per heavy atom. The summed E-state index contributed by atoms with van der Waals surface area (Å²) in [7, 11) is -3.99. The molecule has 0 saturated heterocycles. The Hall–Kier alpha value is -2.33. The van der Waals surface area contributed by atoms with Crippen LogP contribution in [0.1, 0.15) is 22.8 Å². The molecular formula is C15H17FN4O4S. The zero-order chi connectivity index (χ0) is 18.4. The van der Waals surface area contributed by atoms with Crippen LogP contribution in [0.3, 0.4) is 0 Å². The van der Waals surface area contributed by atoms with E-state index in [2.05, 4.69) is 10.2 Å². The van der Waals surface area contributed by atoms with E-state index in [1.54, 1.807) is 18.4 Å². The number of fused-ring (bicyclic) bond motifs is 1. The number of sulfonamides is 1. The van der Waals surface area contributed by atoms with Crippen LogP contribution in [0, 0.1) is 19.7 Å². The van der Waals surface area contributed by atoms with Gasteiger partial charge in [-0.15, -0.1) is 10.2 Å². The molecule has 1 N–H and O–H groups in total. The largest absolute Gasteiger partial charge is 0.480 e. The summed E-state index contributed by atoms with van der Waals surface area (Å²) in [6.45, 7) is 3.00. The lowest BCUT2D eigenvalue weighted by molar-refractivity contribution is -0.142. The van der Waals surface area contributed by atoms with Gasteiger partial charge >= 0.3 is 5.97 Å². The highest BCUT2D eigenvalue weighted by Gasteiger charge is 2.40. The van der Waals surface area contributed by atoms with Gasteiger partial charge in [-0.2, -0.15) is 4.31 Å². The SMILES string of the molecule is Cc1ccc(CS(=O)(=O)N2Cc3nnc(C)n3CC2C(=O)O)cc1F. The van der Waals surface area contributed by atoms with Crippen molar-refractivity contribution in [3.63, 3.8) is 0 Å². The predicted molar refractivity (Wildman–Crippen MR) is 85.5 cm³/mol. The van der Waals surface area contributed by atoms with Crippen LogP contribution in [-0.2, 0) is 33.7 Å². The number of rotatable bonds is 4. The molecular weight excluding hydrogens is 351 g/mol. The molecule has 0 spiro atoms. The summed E-state index contributed by atoms with van der Waals surface area (Å²) in [4.78, 5) is 11.6. The summed E-state index contributed by atoms with van der Waals surface area (Å²) in [6, 6.07) is 2.90. The number of nitrogens with zero attached hydrogens (tertiary/aromatic N) is 4. The van der Waals surface area contributed by atoms with Crippen molar-refractivity contribution in [2.24, 2.45) is 0 Å². The van der Waals surface area contributed by atoms with Crippen molar-refractivity contribution in [2.45, 2.75) is 38.7 Å². The van der Waals surface area contributed by atoms with Crippen LogP contribution in [0.2, 0.25) is 0 Å². The third kappa shape index (κ3) is 3.27. The number of halogens is 1. The van der Waals surface area contributed by atoms with Crippen LogP contribution >= 0.6 is 0 Å². The average molecular weight is 368 g/mol. The molecule has 134 valence electrons. The summed E-state index contributed by atoms with van der Waals surface area (Å²) >= 11 is 0. The third-order valence-corrected chi connectivity index (χ3v) is 6.04. The fourth-order valence-electron chi connectivity index (χ4n) is 2.81. The molecule has 1 aliphatic heterocycles. The van der Waals surface area contributed by atoms with E-state index >= 15 is 0 Å². The highest BCUT2D eigenvalue weighted by atomic mass is 32.2. The number of benzene rings is 1. The first-order valence-electron chi connectivity index (χ1n) is 7.55. The van der Waals surface area contributed by atoms with Crippen LogP contribution in [0.15, 0.2) is 18.2 Å². The van der Waals surface area contributed by atoms with Crippen LogP contribution in [0.4, 0.5) is 4.39 Å². The van der Waals surface area contributed by atoms with Crippen molar-refractivity contribution in [1.29, 1.82) is 0 Å². The van der Waals surface area contributed by atoms with Gasteiger partial charge in [-0.25, -0.2) is 12.8 Å². The molecule has 0 aliphatic carbocycles. The Morgan fingerprint density at radius 3 is 2.72 bits per heavy atom. The van der Waals surface area contributed by atoms with Crippen molar-refractivity contribution in [3.05, 3.63) is 46.8 Å². The van der Waals surface area contributed by atoms with E-state index in [9.17, 15) is 22.7 Å². The van der Waals surface area contributed by atoms with Gasteiger partial charge in [0.2, 0.25) is 10.0 Å². The number of aryl methyl sites for hydroxylation is 2. The fraction of sp³-hybridized carbons (Fsp3) is 0.400. The maximum Gasteiger partial charge on any atom is 0.323 e. The first-order valence-corrected chi connectivity index (χ1v) is 9.16. The van der Waals surface area contributed by atoms with Gasteiger partial charge in [0, 0.05) is 0 Å². The smallest absolute Gasteiger partial charge is 0.323 e. The molecule has 0 bridgehead atoms. The molecule has 1 aromatic heterocycles. The lowest BCUT2D eigenvalue weighted by Crippen LogP contribution is -2.51. The van der Waals surface area contributed by atoms with Gasteiger partial charge in [-0.05, 0) is 31.0 Å². The number of carbonyl (C=O) groups is 1. The van der Waals surface area contributed by atoms with E-state index in [-0.39, 0.29) is 18.7 Å². The molecule has 0 radical (unpaired) electrons. The second-order valence-corrected chi connectivity index (χ2v) is 7.93. The van der Waals surface area contributed by atoms with E-state index in [0.29, 0.717) is 17.2 Å². The number of carboxylic acid groups (broad SMARTS) is 1. The van der Waals surface area contributed by atoms with Crippen LogP contribution in [-0.4, -0.2) is 44.6 Å². The second kappa shape index (κ2) is 6.19. The van der Waals surface area contributed by atoms with Crippen LogP contribution in [0.25, 0.3) is 0 Å². The van der Waals surface area contributed by atoms with E-state index < -0.39 is 33.6 Å². The maximum absolute atomic E-state index is 13.7. The molecule has 1 aromatic carbocycles. The summed E-state index contributed by atoms with van der Waals surface area (Å²) in [5.41, 5.74) is 0.668. The standard InChI is InChI=1S/C15H17FN4O4S/c1-9-3-4-11(5-12(9)16)8-25(23,24)20-7-14-18-17-10(2)19(14)6-13(20)15(21)22/h3-5,13H,6-8H2,1-2H3,(H,21,22). The Bertz CT molecular complexity index is 941. The Balaban J connectivity index is 1.94. The molecule has 1 aliphatic rings. The average Bonchev–Trinajstić information content (AvgIpc) is 2.90. The zero-order valence-corrected chi connectivity index (χ0v) is 14.5. The molecule has 3 rings (SSSR count). The molecule has 0 amide bonds. The van der Waals surface area contributed by atoms with Crippen molar-refractivity contribution in [1.82, 2.24) is 19.1 Å². The number of hydrogen-bond donors (Lipinski definition) is 1. The Morgan fingerprint density at radius 1 is 1.36 bits per heavy atom. The summed E-state index contributed by atoms with van der Waals surface area (Å²) in [5.74, 6) is -1.33. The van der Waals surface area contributed by atoms with Gasteiger partial charge in [-0.3, -0.25) is 4.79 Å². The third-order valence-electron chi connectivity index (χ3n) is 4.24. The summed E-state index contributed by atoms with van der Waals surface area (Å²) < 4.78 is 41.7. The predicted octanol–water partition coefficient (Wildman–Crippen LogP) is 0.833. The van der Waals surface area contributed by atoms with E-state index in [1.165, 1.54) is 12.1 Å². The lowest BCUT2D eigenvalue weighted by Gasteiger charge is -2.32. The molecule has 8 nitrogen and oxygen atoms in total. The minimum atomic E-state index is -3.99. The summed E-state index contributed by atoms with van der Waals surface area (Å²) in [6.07, 6.45) is 0. The second-order valence-electron chi connectivity index (χ2n) is 6.01.